The minimum absolute atomic E-state index is 0.345. The van der Waals surface area contributed by atoms with Gasteiger partial charge in [-0.05, 0) is 40.8 Å². The smallest absolute Gasteiger partial charge is 0.207 e. The van der Waals surface area contributed by atoms with Crippen molar-refractivity contribution >= 4 is 48.9 Å². The van der Waals surface area contributed by atoms with Crippen LogP contribution in [0, 0.1) is 5.92 Å². The molecule has 0 aromatic carbocycles. The zero-order valence-electron chi connectivity index (χ0n) is 11.4. The van der Waals surface area contributed by atoms with E-state index in [0.29, 0.717) is 33.6 Å². The molecule has 0 saturated carbocycles. The van der Waals surface area contributed by atoms with Crippen LogP contribution >= 0.6 is 38.9 Å². The number of sulfonamides is 1. The van der Waals surface area contributed by atoms with Crippen molar-refractivity contribution in [1.82, 2.24) is 4.31 Å². The first-order valence-electron chi connectivity index (χ1n) is 6.83. The lowest BCUT2D eigenvalue weighted by molar-refractivity contribution is 0.262. The van der Waals surface area contributed by atoms with Crippen LogP contribution in [0.3, 0.4) is 0 Å². The molecule has 0 amide bonds. The number of thiophene rings is 1. The van der Waals surface area contributed by atoms with Gasteiger partial charge in [0.2, 0.25) is 10.0 Å². The van der Waals surface area contributed by atoms with E-state index in [9.17, 15) is 8.42 Å². The van der Waals surface area contributed by atoms with Crippen molar-refractivity contribution < 1.29 is 8.42 Å². The minimum Gasteiger partial charge on any atom is -0.207 e. The molecule has 1 aromatic rings. The molecule has 0 bridgehead atoms. The van der Waals surface area contributed by atoms with E-state index in [1.165, 1.54) is 24.2 Å². The maximum Gasteiger partial charge on any atom is 0.245 e. The molecule has 0 radical (unpaired) electrons. The molecule has 2 heterocycles. The molecule has 0 unspecified atom stereocenters. The van der Waals surface area contributed by atoms with Crippen LogP contribution < -0.4 is 0 Å². The Bertz CT molecular complexity index is 551. The predicted molar refractivity (Wildman–Crippen MR) is 88.0 cm³/mol. The fraction of sp³-hybridized carbons (Fsp3) is 0.692. The summed E-state index contributed by atoms with van der Waals surface area (Å²) in [5, 5.41) is 0. The fourth-order valence-corrected chi connectivity index (χ4v) is 6.82. The van der Waals surface area contributed by atoms with Gasteiger partial charge in [-0.25, -0.2) is 8.42 Å². The average Bonchev–Trinajstić information content (AvgIpc) is 2.82. The van der Waals surface area contributed by atoms with Gasteiger partial charge in [-0.15, -0.1) is 22.9 Å². The Kier molecular flexibility index (Phi) is 5.94. The summed E-state index contributed by atoms with van der Waals surface area (Å²) in [5.74, 6) is 1.02. The average molecular weight is 401 g/mol. The van der Waals surface area contributed by atoms with Crippen LogP contribution in [0.4, 0.5) is 0 Å². The molecule has 114 valence electrons. The Hall–Kier alpha value is 0.380. The standard InChI is InChI=1S/C13H19BrClNO2S2/c1-2-3-10-4-6-16(7-5-10)20(17,18)12-8-11(9-15)19-13(12)14/h8,10H,2-7,9H2,1H3. The highest BCUT2D eigenvalue weighted by molar-refractivity contribution is 9.11. The molecule has 1 fully saturated rings. The molecular weight excluding hydrogens is 382 g/mol. The van der Waals surface area contributed by atoms with Crippen LogP contribution in [0.2, 0.25) is 0 Å². The molecule has 1 aromatic heterocycles. The van der Waals surface area contributed by atoms with Gasteiger partial charge in [0.05, 0.1) is 9.67 Å². The van der Waals surface area contributed by atoms with Crippen LogP contribution in [0.15, 0.2) is 14.7 Å². The highest BCUT2D eigenvalue weighted by Gasteiger charge is 2.31. The van der Waals surface area contributed by atoms with Crippen LogP contribution in [-0.2, 0) is 15.9 Å². The van der Waals surface area contributed by atoms with Gasteiger partial charge >= 0.3 is 0 Å². The summed E-state index contributed by atoms with van der Waals surface area (Å²) in [7, 11) is -3.38. The third-order valence-corrected chi connectivity index (χ3v) is 8.32. The van der Waals surface area contributed by atoms with Crippen molar-refractivity contribution in [1.29, 1.82) is 0 Å². The summed E-state index contributed by atoms with van der Waals surface area (Å²) in [4.78, 5) is 1.24. The second-order valence-electron chi connectivity index (χ2n) is 5.12. The van der Waals surface area contributed by atoms with Gasteiger partial charge in [0, 0.05) is 18.0 Å². The lowest BCUT2D eigenvalue weighted by Crippen LogP contribution is -2.38. The van der Waals surface area contributed by atoms with Crippen LogP contribution in [-0.4, -0.2) is 25.8 Å². The first-order valence-corrected chi connectivity index (χ1v) is 10.4. The Morgan fingerprint density at radius 1 is 1.45 bits per heavy atom. The summed E-state index contributed by atoms with van der Waals surface area (Å²) < 4.78 is 27.6. The molecule has 1 aliphatic rings. The SMILES string of the molecule is CCCC1CCN(S(=O)(=O)c2cc(CCl)sc2Br)CC1. The van der Waals surface area contributed by atoms with E-state index in [-0.39, 0.29) is 0 Å². The Morgan fingerprint density at radius 2 is 2.10 bits per heavy atom. The fourth-order valence-electron chi connectivity index (χ4n) is 2.63. The molecule has 0 aliphatic carbocycles. The maximum absolute atomic E-state index is 12.7. The van der Waals surface area contributed by atoms with E-state index in [0.717, 1.165) is 17.7 Å². The zero-order valence-corrected chi connectivity index (χ0v) is 15.4. The van der Waals surface area contributed by atoms with Crippen molar-refractivity contribution in [2.75, 3.05) is 13.1 Å². The molecule has 3 nitrogen and oxygen atoms in total. The van der Waals surface area contributed by atoms with Crippen LogP contribution in [0.25, 0.3) is 0 Å². The number of piperidine rings is 1. The van der Waals surface area contributed by atoms with E-state index in [1.807, 2.05) is 0 Å². The van der Waals surface area contributed by atoms with E-state index >= 15 is 0 Å². The van der Waals surface area contributed by atoms with E-state index in [2.05, 4.69) is 22.9 Å². The minimum atomic E-state index is -3.38. The van der Waals surface area contributed by atoms with Crippen molar-refractivity contribution in [3.63, 3.8) is 0 Å². The lowest BCUT2D eigenvalue weighted by atomic mass is 9.94. The van der Waals surface area contributed by atoms with Gasteiger partial charge in [0.25, 0.3) is 0 Å². The number of rotatable bonds is 5. The molecule has 20 heavy (non-hydrogen) atoms. The van der Waals surface area contributed by atoms with Gasteiger partial charge in [-0.3, -0.25) is 0 Å². The second kappa shape index (κ2) is 7.09. The Balaban J connectivity index is 2.13. The topological polar surface area (TPSA) is 37.4 Å². The summed E-state index contributed by atoms with van der Waals surface area (Å²) >= 11 is 10.5. The molecule has 1 saturated heterocycles. The monoisotopic (exact) mass is 399 g/mol. The molecule has 7 heteroatoms. The summed E-state index contributed by atoms with van der Waals surface area (Å²) in [6, 6.07) is 1.69. The van der Waals surface area contributed by atoms with Crippen molar-refractivity contribution in [3.8, 4) is 0 Å². The number of hydrogen-bond donors (Lipinski definition) is 0. The van der Waals surface area contributed by atoms with Crippen molar-refractivity contribution in [2.24, 2.45) is 5.92 Å². The number of halogens is 2. The van der Waals surface area contributed by atoms with Gasteiger partial charge in [0.1, 0.15) is 4.90 Å². The third-order valence-electron chi connectivity index (χ3n) is 3.73. The zero-order chi connectivity index (χ0) is 14.8. The summed E-state index contributed by atoms with van der Waals surface area (Å²) in [6.07, 6.45) is 4.31. The van der Waals surface area contributed by atoms with Gasteiger partial charge in [-0.2, -0.15) is 4.31 Å². The van der Waals surface area contributed by atoms with E-state index in [1.54, 1.807) is 10.4 Å². The summed E-state index contributed by atoms with van der Waals surface area (Å²) in [5.41, 5.74) is 0. The highest BCUT2D eigenvalue weighted by Crippen LogP contribution is 2.35. The normalized spacial score (nSPS) is 18.6. The maximum atomic E-state index is 12.7. The Morgan fingerprint density at radius 3 is 2.60 bits per heavy atom. The molecular formula is C13H19BrClNO2S2. The Labute approximate surface area is 138 Å². The quantitative estimate of drug-likeness (QED) is 0.685. The molecule has 0 spiro atoms. The highest BCUT2D eigenvalue weighted by atomic mass is 79.9. The number of alkyl halides is 1. The number of hydrogen-bond acceptors (Lipinski definition) is 3. The molecule has 0 N–H and O–H groups in total. The first kappa shape index (κ1) is 16.7. The van der Waals surface area contributed by atoms with Crippen molar-refractivity contribution in [2.45, 2.75) is 43.4 Å². The van der Waals surface area contributed by atoms with E-state index < -0.39 is 10.0 Å². The largest absolute Gasteiger partial charge is 0.245 e. The molecule has 2 rings (SSSR count). The predicted octanol–water partition coefficient (Wildman–Crippen LogP) is 4.45. The van der Waals surface area contributed by atoms with E-state index in [4.69, 9.17) is 11.6 Å². The lowest BCUT2D eigenvalue weighted by Gasteiger charge is -2.30. The third kappa shape index (κ3) is 3.58. The summed E-state index contributed by atoms with van der Waals surface area (Å²) in [6.45, 7) is 3.44. The van der Waals surface area contributed by atoms with Gasteiger partial charge in [-0.1, -0.05) is 19.8 Å². The van der Waals surface area contributed by atoms with Crippen molar-refractivity contribution in [3.05, 3.63) is 14.7 Å². The first-order chi connectivity index (χ1) is 9.48. The van der Waals surface area contributed by atoms with Gasteiger partial charge in [0.15, 0.2) is 0 Å². The second-order valence-corrected chi connectivity index (χ2v) is 9.75. The number of nitrogens with zero attached hydrogens (tertiary/aromatic N) is 1. The van der Waals surface area contributed by atoms with Gasteiger partial charge < -0.3 is 0 Å². The molecule has 0 atom stereocenters. The van der Waals surface area contributed by atoms with Crippen LogP contribution in [0.5, 0.6) is 0 Å². The van der Waals surface area contributed by atoms with Crippen LogP contribution in [0.1, 0.15) is 37.5 Å². The molecule has 1 aliphatic heterocycles.